The molecule has 0 saturated heterocycles. The van der Waals surface area contributed by atoms with E-state index in [0.29, 0.717) is 22.1 Å². The predicted molar refractivity (Wildman–Crippen MR) is 142 cm³/mol. The van der Waals surface area contributed by atoms with Crippen LogP contribution in [0.3, 0.4) is 0 Å². The lowest BCUT2D eigenvalue weighted by Gasteiger charge is -2.24. The number of nitrogens with one attached hydrogen (secondary N) is 3. The smallest absolute Gasteiger partial charge is 0.276 e. The van der Waals surface area contributed by atoms with Crippen LogP contribution in [0.5, 0.6) is 0 Å². The van der Waals surface area contributed by atoms with Crippen LogP contribution in [0, 0.1) is 0 Å². The van der Waals surface area contributed by atoms with Gasteiger partial charge in [-0.15, -0.1) is 0 Å². The number of halogens is 1. The van der Waals surface area contributed by atoms with Gasteiger partial charge in [0.25, 0.3) is 5.91 Å². The molecule has 0 bridgehead atoms. The van der Waals surface area contributed by atoms with E-state index in [1.807, 2.05) is 0 Å². The molecule has 36 heavy (non-hydrogen) atoms. The van der Waals surface area contributed by atoms with E-state index in [2.05, 4.69) is 25.3 Å². The van der Waals surface area contributed by atoms with Gasteiger partial charge in [0.05, 0.1) is 23.2 Å². The largest absolute Gasteiger partial charge is 0.394 e. The molecule has 2 aromatic carbocycles. The maximum absolute atomic E-state index is 13.3. The van der Waals surface area contributed by atoms with Crippen LogP contribution in [0.2, 0.25) is 5.02 Å². The Morgan fingerprint density at radius 2 is 1.72 bits per heavy atom. The number of aromatic nitrogens is 2. The second-order valence-electron chi connectivity index (χ2n) is 9.96. The highest BCUT2D eigenvalue weighted by atomic mass is 35.5. The topological polar surface area (TPSA) is 133 Å². The Morgan fingerprint density at radius 3 is 2.33 bits per heavy atom. The van der Waals surface area contributed by atoms with Crippen molar-refractivity contribution in [3.05, 3.63) is 65.4 Å². The van der Waals surface area contributed by atoms with Crippen LogP contribution in [0.15, 0.2) is 59.6 Å². The average molecular weight is 532 g/mol. The van der Waals surface area contributed by atoms with Gasteiger partial charge in [-0.25, -0.2) is 23.1 Å². The number of carbonyl (C=O) groups is 1. The first-order valence-electron chi connectivity index (χ1n) is 11.2. The van der Waals surface area contributed by atoms with Gasteiger partial charge in [0.2, 0.25) is 10.0 Å². The summed E-state index contributed by atoms with van der Waals surface area (Å²) in [5.41, 5.74) is -0.117. The molecule has 192 valence electrons. The van der Waals surface area contributed by atoms with Crippen LogP contribution in [0.1, 0.15) is 45.1 Å². The second kappa shape index (κ2) is 10.5. The molecule has 4 N–H and O–H groups in total. The molecule has 0 aliphatic heterocycles. The van der Waals surface area contributed by atoms with Gasteiger partial charge in [-0.1, -0.05) is 29.8 Å². The molecule has 3 aromatic rings. The monoisotopic (exact) mass is 531 g/mol. The van der Waals surface area contributed by atoms with Crippen molar-refractivity contribution in [2.24, 2.45) is 0 Å². The Hall–Kier alpha value is -3.05. The molecular formula is C25H30ClN5O4S. The number of hydrogen-bond donors (Lipinski definition) is 4. The highest BCUT2D eigenvalue weighted by molar-refractivity contribution is 7.89. The Kier molecular flexibility index (Phi) is 8.04. The van der Waals surface area contributed by atoms with E-state index in [-0.39, 0.29) is 22.9 Å². The fourth-order valence-corrected chi connectivity index (χ4v) is 4.79. The van der Waals surface area contributed by atoms with E-state index in [1.165, 1.54) is 18.3 Å². The Labute approximate surface area is 216 Å². The van der Waals surface area contributed by atoms with Crippen molar-refractivity contribution in [2.75, 3.05) is 17.2 Å². The van der Waals surface area contributed by atoms with Crippen LogP contribution in [0.25, 0.3) is 11.3 Å². The third kappa shape index (κ3) is 7.23. The number of anilines is 2. The molecule has 0 saturated carbocycles. The third-order valence-electron chi connectivity index (χ3n) is 4.81. The summed E-state index contributed by atoms with van der Waals surface area (Å²) < 4.78 is 28.0. The second-order valence-corrected chi connectivity index (χ2v) is 12.1. The molecule has 0 spiro atoms. The van der Waals surface area contributed by atoms with Gasteiger partial charge in [0.15, 0.2) is 5.69 Å². The Morgan fingerprint density at radius 1 is 1.06 bits per heavy atom. The first kappa shape index (κ1) is 27.5. The zero-order valence-corrected chi connectivity index (χ0v) is 22.3. The zero-order chi connectivity index (χ0) is 26.7. The lowest BCUT2D eigenvalue weighted by Crippen LogP contribution is -2.40. The standard InChI is InChI=1S/C25H30ClN5O4S/c1-24(2,3)31-36(34,35)19-8-6-7-18(13-19)28-23(33)22-21(16-9-11-17(26)12-10-16)29-20(14-27-22)30-25(4,5)15-32/h6-14,31-32H,15H2,1-5H3,(H,28,33)(H,29,30). The summed E-state index contributed by atoms with van der Waals surface area (Å²) in [5, 5.41) is 15.9. The molecule has 0 atom stereocenters. The van der Waals surface area contributed by atoms with Gasteiger partial charge in [-0.05, 0) is 65.0 Å². The predicted octanol–water partition coefficient (Wildman–Crippen LogP) is 4.31. The minimum Gasteiger partial charge on any atom is -0.394 e. The van der Waals surface area contributed by atoms with Gasteiger partial charge < -0.3 is 15.7 Å². The van der Waals surface area contributed by atoms with Crippen molar-refractivity contribution < 1.29 is 18.3 Å². The maximum Gasteiger partial charge on any atom is 0.276 e. The van der Waals surface area contributed by atoms with E-state index in [0.717, 1.165) is 0 Å². The fraction of sp³-hybridized carbons (Fsp3) is 0.320. The summed E-state index contributed by atoms with van der Waals surface area (Å²) in [6.45, 7) is 8.68. The van der Waals surface area contributed by atoms with Gasteiger partial charge in [0.1, 0.15) is 11.5 Å². The summed E-state index contributed by atoms with van der Waals surface area (Å²) in [6, 6.07) is 12.7. The number of benzene rings is 2. The summed E-state index contributed by atoms with van der Waals surface area (Å²) in [4.78, 5) is 22.2. The van der Waals surface area contributed by atoms with Gasteiger partial charge in [0, 0.05) is 21.8 Å². The SMILES string of the molecule is CC(C)(C)NS(=O)(=O)c1cccc(NC(=O)c2ncc(NC(C)(C)CO)nc2-c2ccc(Cl)cc2)c1. The summed E-state index contributed by atoms with van der Waals surface area (Å²) in [7, 11) is -3.79. The van der Waals surface area contributed by atoms with Crippen molar-refractivity contribution in [1.29, 1.82) is 0 Å². The molecule has 11 heteroatoms. The molecule has 0 radical (unpaired) electrons. The molecular weight excluding hydrogens is 502 g/mol. The number of carbonyl (C=O) groups excluding carboxylic acids is 1. The molecule has 1 amide bonds. The number of aliphatic hydroxyl groups excluding tert-OH is 1. The normalized spacial score (nSPS) is 12.3. The zero-order valence-electron chi connectivity index (χ0n) is 20.8. The highest BCUT2D eigenvalue weighted by Crippen LogP contribution is 2.26. The molecule has 0 fully saturated rings. The number of amides is 1. The van der Waals surface area contributed by atoms with E-state index >= 15 is 0 Å². The Bertz CT molecular complexity index is 1350. The van der Waals surface area contributed by atoms with Crippen LogP contribution in [0.4, 0.5) is 11.5 Å². The van der Waals surface area contributed by atoms with E-state index in [4.69, 9.17) is 11.6 Å². The van der Waals surface area contributed by atoms with Crippen LogP contribution < -0.4 is 15.4 Å². The van der Waals surface area contributed by atoms with Crippen molar-refractivity contribution >= 4 is 39.0 Å². The number of aliphatic hydroxyl groups is 1. The molecule has 0 aliphatic rings. The van der Waals surface area contributed by atoms with Crippen molar-refractivity contribution in [3.63, 3.8) is 0 Å². The number of rotatable bonds is 8. The summed E-state index contributed by atoms with van der Waals surface area (Å²) in [6.07, 6.45) is 1.40. The molecule has 3 rings (SSSR count). The van der Waals surface area contributed by atoms with Crippen molar-refractivity contribution in [3.8, 4) is 11.3 Å². The molecule has 0 unspecified atom stereocenters. The summed E-state index contributed by atoms with van der Waals surface area (Å²) >= 11 is 6.03. The third-order valence-corrected chi connectivity index (χ3v) is 6.82. The van der Waals surface area contributed by atoms with Gasteiger partial charge >= 0.3 is 0 Å². The van der Waals surface area contributed by atoms with E-state index < -0.39 is 27.0 Å². The highest BCUT2D eigenvalue weighted by Gasteiger charge is 2.24. The minimum atomic E-state index is -3.79. The number of sulfonamides is 1. The van der Waals surface area contributed by atoms with Gasteiger partial charge in [-0.3, -0.25) is 4.79 Å². The number of nitrogens with zero attached hydrogens (tertiary/aromatic N) is 2. The lowest BCUT2D eigenvalue weighted by molar-refractivity contribution is 0.102. The van der Waals surface area contributed by atoms with Crippen LogP contribution in [-0.4, -0.2) is 47.1 Å². The van der Waals surface area contributed by atoms with E-state index in [1.54, 1.807) is 71.0 Å². The quantitative estimate of drug-likeness (QED) is 0.340. The first-order valence-corrected chi connectivity index (χ1v) is 13.0. The minimum absolute atomic E-state index is 0.0185. The Balaban J connectivity index is 1.97. The van der Waals surface area contributed by atoms with E-state index in [9.17, 15) is 18.3 Å². The molecule has 0 aliphatic carbocycles. The van der Waals surface area contributed by atoms with Crippen molar-refractivity contribution in [2.45, 2.75) is 50.6 Å². The fourth-order valence-electron chi connectivity index (χ4n) is 3.20. The van der Waals surface area contributed by atoms with Crippen molar-refractivity contribution in [1.82, 2.24) is 14.7 Å². The van der Waals surface area contributed by atoms with Crippen LogP contribution in [-0.2, 0) is 10.0 Å². The number of hydrogen-bond acceptors (Lipinski definition) is 7. The average Bonchev–Trinajstić information content (AvgIpc) is 2.78. The molecule has 1 heterocycles. The molecule has 9 nitrogen and oxygen atoms in total. The lowest BCUT2D eigenvalue weighted by atomic mass is 10.1. The first-order chi connectivity index (χ1) is 16.7. The maximum atomic E-state index is 13.3. The van der Waals surface area contributed by atoms with Gasteiger partial charge in [-0.2, -0.15) is 0 Å². The summed E-state index contributed by atoms with van der Waals surface area (Å²) in [5.74, 6) is -0.198. The van der Waals surface area contributed by atoms with Crippen LogP contribution >= 0.6 is 11.6 Å². The molecule has 1 aromatic heterocycles.